The van der Waals surface area contributed by atoms with E-state index in [1.54, 1.807) is 0 Å². The fourth-order valence-electron chi connectivity index (χ4n) is 0.768. The van der Waals surface area contributed by atoms with Crippen LogP contribution in [0.3, 0.4) is 0 Å². The highest BCUT2D eigenvalue weighted by atomic mass is 32.2. The second-order valence-electron chi connectivity index (χ2n) is 2.17. The first kappa shape index (κ1) is 7.55. The third-order valence-electron chi connectivity index (χ3n) is 1.32. The zero-order valence-electron chi connectivity index (χ0n) is 5.89. The van der Waals surface area contributed by atoms with E-state index in [4.69, 9.17) is 0 Å². The minimum absolute atomic E-state index is 0.845. The Bertz CT molecular complexity index is 118. The molecule has 0 aromatic heterocycles. The van der Waals surface area contributed by atoms with Crippen LogP contribution in [0.5, 0.6) is 0 Å². The minimum atomic E-state index is 0.845. The van der Waals surface area contributed by atoms with Crippen molar-refractivity contribution in [2.75, 3.05) is 5.75 Å². The molecular weight excluding hydrogens is 148 g/mol. The molecule has 0 aromatic rings. The summed E-state index contributed by atoms with van der Waals surface area (Å²) >= 11 is 4.00. The highest BCUT2D eigenvalue weighted by molar-refractivity contribution is 8.23. The van der Waals surface area contributed by atoms with E-state index in [1.807, 2.05) is 23.5 Å². The maximum absolute atomic E-state index is 2.30. The van der Waals surface area contributed by atoms with Gasteiger partial charge in [-0.3, -0.25) is 0 Å². The Morgan fingerprint density at radius 1 is 1.67 bits per heavy atom. The number of hydrogen-bond donors (Lipinski definition) is 0. The van der Waals surface area contributed by atoms with Crippen molar-refractivity contribution >= 4 is 23.5 Å². The highest BCUT2D eigenvalue weighted by Crippen LogP contribution is 2.38. The van der Waals surface area contributed by atoms with Crippen LogP contribution in [-0.2, 0) is 0 Å². The largest absolute Gasteiger partial charge is 0.120 e. The molecule has 1 heterocycles. The molecule has 1 aliphatic rings. The summed E-state index contributed by atoms with van der Waals surface area (Å²) in [6.45, 7) is 4.42. The summed E-state index contributed by atoms with van der Waals surface area (Å²) in [4.78, 5) is 0. The monoisotopic (exact) mass is 160 g/mol. The third-order valence-corrected chi connectivity index (χ3v) is 4.03. The first-order chi connectivity index (χ1) is 4.33. The standard InChI is InChI=1S/C7H12S2/c1-3-7-8-5-4-6(2)9-7/h3,6H,4-5H2,1-2H3/b7-3-. The second-order valence-corrected chi connectivity index (χ2v) is 5.05. The van der Waals surface area contributed by atoms with Crippen LogP contribution in [0.1, 0.15) is 20.3 Å². The normalized spacial score (nSPS) is 33.1. The van der Waals surface area contributed by atoms with Crippen molar-refractivity contribution in [2.24, 2.45) is 0 Å². The molecule has 1 saturated heterocycles. The van der Waals surface area contributed by atoms with Gasteiger partial charge in [0.05, 0.1) is 0 Å². The predicted octanol–water partition coefficient (Wildman–Crippen LogP) is 3.11. The van der Waals surface area contributed by atoms with Gasteiger partial charge in [-0.15, -0.1) is 23.5 Å². The van der Waals surface area contributed by atoms with Crippen LogP contribution in [0, 0.1) is 0 Å². The van der Waals surface area contributed by atoms with Gasteiger partial charge in [0.25, 0.3) is 0 Å². The topological polar surface area (TPSA) is 0 Å². The van der Waals surface area contributed by atoms with Gasteiger partial charge in [-0.05, 0) is 19.1 Å². The van der Waals surface area contributed by atoms with Gasteiger partial charge >= 0.3 is 0 Å². The van der Waals surface area contributed by atoms with Crippen LogP contribution in [0.2, 0.25) is 0 Å². The van der Waals surface area contributed by atoms with Crippen molar-refractivity contribution in [3.8, 4) is 0 Å². The Morgan fingerprint density at radius 2 is 2.44 bits per heavy atom. The lowest BCUT2D eigenvalue weighted by Crippen LogP contribution is -2.02. The van der Waals surface area contributed by atoms with Gasteiger partial charge in [0, 0.05) is 9.49 Å². The molecule has 0 aliphatic carbocycles. The number of allylic oxidation sites excluding steroid dienone is 1. The molecule has 0 N–H and O–H groups in total. The van der Waals surface area contributed by atoms with E-state index in [0.717, 1.165) is 5.25 Å². The quantitative estimate of drug-likeness (QED) is 0.534. The van der Waals surface area contributed by atoms with E-state index in [-0.39, 0.29) is 0 Å². The fraction of sp³-hybridized carbons (Fsp3) is 0.714. The highest BCUT2D eigenvalue weighted by Gasteiger charge is 2.12. The average Bonchev–Trinajstić information content (AvgIpc) is 1.88. The molecule has 0 saturated carbocycles. The molecule has 0 amide bonds. The molecular formula is C7H12S2. The fourth-order valence-corrected chi connectivity index (χ4v) is 3.54. The maximum Gasteiger partial charge on any atom is 0.0360 e. The van der Waals surface area contributed by atoms with Gasteiger partial charge in [0.1, 0.15) is 0 Å². The number of hydrogen-bond acceptors (Lipinski definition) is 2. The summed E-state index contributed by atoms with van der Waals surface area (Å²) < 4.78 is 1.51. The van der Waals surface area contributed by atoms with Crippen LogP contribution in [-0.4, -0.2) is 11.0 Å². The van der Waals surface area contributed by atoms with Crippen LogP contribution < -0.4 is 0 Å². The van der Waals surface area contributed by atoms with Gasteiger partial charge < -0.3 is 0 Å². The molecule has 0 spiro atoms. The first-order valence-corrected chi connectivity index (χ1v) is 5.15. The van der Waals surface area contributed by atoms with E-state index in [0.29, 0.717) is 0 Å². The molecule has 9 heavy (non-hydrogen) atoms. The van der Waals surface area contributed by atoms with Crippen LogP contribution in [0.4, 0.5) is 0 Å². The van der Waals surface area contributed by atoms with Gasteiger partial charge in [-0.1, -0.05) is 13.0 Å². The molecule has 2 heteroatoms. The van der Waals surface area contributed by atoms with Crippen molar-refractivity contribution in [3.05, 3.63) is 10.3 Å². The lowest BCUT2D eigenvalue weighted by atomic mass is 10.4. The van der Waals surface area contributed by atoms with Gasteiger partial charge in [-0.2, -0.15) is 0 Å². The second kappa shape index (κ2) is 3.57. The van der Waals surface area contributed by atoms with Crippen LogP contribution in [0.25, 0.3) is 0 Å². The molecule has 1 aliphatic heterocycles. The van der Waals surface area contributed by atoms with Gasteiger partial charge in [-0.25, -0.2) is 0 Å². The van der Waals surface area contributed by atoms with Crippen molar-refractivity contribution in [2.45, 2.75) is 25.5 Å². The lowest BCUT2D eigenvalue weighted by Gasteiger charge is -2.18. The summed E-state index contributed by atoms with van der Waals surface area (Å²) in [6.07, 6.45) is 3.58. The van der Waals surface area contributed by atoms with Crippen LogP contribution in [0.15, 0.2) is 10.3 Å². The van der Waals surface area contributed by atoms with E-state index in [9.17, 15) is 0 Å². The lowest BCUT2D eigenvalue weighted by molar-refractivity contribution is 0.917. The Labute approximate surface area is 65.5 Å². The van der Waals surface area contributed by atoms with E-state index < -0.39 is 0 Å². The molecule has 0 nitrogen and oxygen atoms in total. The maximum atomic E-state index is 2.30. The van der Waals surface area contributed by atoms with Crippen molar-refractivity contribution in [1.82, 2.24) is 0 Å². The molecule has 52 valence electrons. The molecule has 0 radical (unpaired) electrons. The Balaban J connectivity index is 2.41. The van der Waals surface area contributed by atoms with Crippen molar-refractivity contribution in [3.63, 3.8) is 0 Å². The SMILES string of the molecule is C/C=C1/SCCC(C)S1. The summed E-state index contributed by atoms with van der Waals surface area (Å²) in [5.41, 5.74) is 0. The van der Waals surface area contributed by atoms with E-state index in [1.165, 1.54) is 16.4 Å². The predicted molar refractivity (Wildman–Crippen MR) is 47.9 cm³/mol. The summed E-state index contributed by atoms with van der Waals surface area (Å²) in [6, 6.07) is 0. The Morgan fingerprint density at radius 3 is 2.89 bits per heavy atom. The minimum Gasteiger partial charge on any atom is -0.120 e. The smallest absolute Gasteiger partial charge is 0.0360 e. The number of rotatable bonds is 0. The molecule has 1 fully saturated rings. The van der Waals surface area contributed by atoms with Crippen LogP contribution >= 0.6 is 23.5 Å². The summed E-state index contributed by atoms with van der Waals surface area (Å²) in [7, 11) is 0. The van der Waals surface area contributed by atoms with Crippen molar-refractivity contribution < 1.29 is 0 Å². The van der Waals surface area contributed by atoms with Gasteiger partial charge in [0.15, 0.2) is 0 Å². The Kier molecular flexibility index (Phi) is 2.99. The zero-order chi connectivity index (χ0) is 6.69. The van der Waals surface area contributed by atoms with Gasteiger partial charge in [0.2, 0.25) is 0 Å². The zero-order valence-corrected chi connectivity index (χ0v) is 7.52. The molecule has 0 bridgehead atoms. The van der Waals surface area contributed by atoms with E-state index >= 15 is 0 Å². The third kappa shape index (κ3) is 2.26. The molecule has 1 atom stereocenters. The average molecular weight is 160 g/mol. The van der Waals surface area contributed by atoms with Crippen molar-refractivity contribution in [1.29, 1.82) is 0 Å². The molecule has 1 unspecified atom stereocenters. The molecule has 0 aromatic carbocycles. The first-order valence-electron chi connectivity index (χ1n) is 3.28. The number of thioether (sulfide) groups is 2. The Hall–Kier alpha value is 0.440. The van der Waals surface area contributed by atoms with E-state index in [2.05, 4.69) is 19.9 Å². The summed E-state index contributed by atoms with van der Waals surface area (Å²) in [5.74, 6) is 1.31. The molecule has 1 rings (SSSR count). The summed E-state index contributed by atoms with van der Waals surface area (Å²) in [5, 5.41) is 0.845.